The zero-order chi connectivity index (χ0) is 15.6. The first-order valence-electron chi connectivity index (χ1n) is 7.59. The number of nitrogens with one attached hydrogen (secondary N) is 1. The van der Waals surface area contributed by atoms with Crippen LogP contribution in [0.5, 0.6) is 0 Å². The van der Waals surface area contributed by atoms with Crippen molar-refractivity contribution in [1.82, 2.24) is 9.62 Å². The minimum atomic E-state index is -3.37. The van der Waals surface area contributed by atoms with Crippen molar-refractivity contribution in [1.29, 1.82) is 0 Å². The van der Waals surface area contributed by atoms with E-state index in [-0.39, 0.29) is 0 Å². The molecular formula is C16H26N2O2S. The molecule has 118 valence electrons. The highest BCUT2D eigenvalue weighted by atomic mass is 32.2. The Morgan fingerprint density at radius 1 is 1.14 bits per heavy atom. The van der Waals surface area contributed by atoms with Gasteiger partial charge in [-0.3, -0.25) is 0 Å². The van der Waals surface area contributed by atoms with E-state index in [1.165, 1.54) is 0 Å². The number of benzene rings is 1. The highest BCUT2D eigenvalue weighted by Gasteiger charge is 2.31. The van der Waals surface area contributed by atoms with E-state index in [0.717, 1.165) is 36.1 Å². The van der Waals surface area contributed by atoms with Crippen molar-refractivity contribution in [3.05, 3.63) is 28.8 Å². The lowest BCUT2D eigenvalue weighted by Gasteiger charge is -2.32. The van der Waals surface area contributed by atoms with Crippen LogP contribution >= 0.6 is 0 Å². The number of piperidine rings is 1. The number of sulfonamides is 1. The van der Waals surface area contributed by atoms with E-state index in [1.807, 2.05) is 40.0 Å². The third-order valence-electron chi connectivity index (χ3n) is 4.27. The van der Waals surface area contributed by atoms with E-state index < -0.39 is 10.0 Å². The standard InChI is InChI=1S/C16H26N2O2S/c1-12-9-13(2)16(14(3)10-12)21(19,20)18-7-5-15(6-8-18)11-17-4/h9-10,15,17H,5-8,11H2,1-4H3. The van der Waals surface area contributed by atoms with Crippen molar-refractivity contribution in [2.24, 2.45) is 5.92 Å². The van der Waals surface area contributed by atoms with E-state index in [9.17, 15) is 8.42 Å². The van der Waals surface area contributed by atoms with Gasteiger partial charge in [-0.1, -0.05) is 17.7 Å². The molecule has 1 N–H and O–H groups in total. The van der Waals surface area contributed by atoms with Gasteiger partial charge in [0.2, 0.25) is 10.0 Å². The van der Waals surface area contributed by atoms with Crippen molar-refractivity contribution in [3.63, 3.8) is 0 Å². The van der Waals surface area contributed by atoms with Gasteiger partial charge in [-0.05, 0) is 64.3 Å². The van der Waals surface area contributed by atoms with E-state index in [2.05, 4.69) is 5.32 Å². The number of aryl methyl sites for hydroxylation is 3. The molecule has 0 saturated carbocycles. The fourth-order valence-corrected chi connectivity index (χ4v) is 5.23. The monoisotopic (exact) mass is 310 g/mol. The topological polar surface area (TPSA) is 49.4 Å². The lowest BCUT2D eigenvalue weighted by molar-refractivity contribution is 0.270. The Balaban J connectivity index is 2.24. The largest absolute Gasteiger partial charge is 0.319 e. The minimum Gasteiger partial charge on any atom is -0.319 e. The second-order valence-electron chi connectivity index (χ2n) is 6.13. The molecule has 0 amide bonds. The van der Waals surface area contributed by atoms with Crippen LogP contribution in [0.15, 0.2) is 17.0 Å². The predicted octanol–water partition coefficient (Wildman–Crippen LogP) is 2.23. The summed E-state index contributed by atoms with van der Waals surface area (Å²) in [5.41, 5.74) is 2.81. The summed E-state index contributed by atoms with van der Waals surface area (Å²) < 4.78 is 27.5. The lowest BCUT2D eigenvalue weighted by atomic mass is 9.98. The molecule has 1 aliphatic heterocycles. The summed E-state index contributed by atoms with van der Waals surface area (Å²) in [6.07, 6.45) is 1.87. The summed E-state index contributed by atoms with van der Waals surface area (Å²) in [6.45, 7) is 8.00. The quantitative estimate of drug-likeness (QED) is 0.928. The van der Waals surface area contributed by atoms with Gasteiger partial charge in [-0.2, -0.15) is 4.31 Å². The lowest BCUT2D eigenvalue weighted by Crippen LogP contribution is -2.40. The fourth-order valence-electron chi connectivity index (χ4n) is 3.35. The Morgan fingerprint density at radius 3 is 2.14 bits per heavy atom. The molecule has 1 fully saturated rings. The molecule has 21 heavy (non-hydrogen) atoms. The predicted molar refractivity (Wildman–Crippen MR) is 86.1 cm³/mol. The summed E-state index contributed by atoms with van der Waals surface area (Å²) >= 11 is 0. The molecule has 1 aliphatic rings. The minimum absolute atomic E-state index is 0.500. The maximum atomic E-state index is 12.9. The van der Waals surface area contributed by atoms with Crippen molar-refractivity contribution in [2.45, 2.75) is 38.5 Å². The van der Waals surface area contributed by atoms with Gasteiger partial charge in [0, 0.05) is 13.1 Å². The van der Waals surface area contributed by atoms with Gasteiger partial charge in [-0.25, -0.2) is 8.42 Å². The normalized spacial score (nSPS) is 18.1. The summed E-state index contributed by atoms with van der Waals surface area (Å²) in [5.74, 6) is 0.585. The highest BCUT2D eigenvalue weighted by Crippen LogP contribution is 2.28. The number of hydrogen-bond donors (Lipinski definition) is 1. The average molecular weight is 310 g/mol. The molecule has 2 rings (SSSR count). The van der Waals surface area contributed by atoms with E-state index in [1.54, 1.807) is 4.31 Å². The SMILES string of the molecule is CNCC1CCN(S(=O)(=O)c2c(C)cc(C)cc2C)CC1. The number of hydrogen-bond acceptors (Lipinski definition) is 3. The van der Waals surface area contributed by atoms with Crippen molar-refractivity contribution in [3.8, 4) is 0 Å². The maximum absolute atomic E-state index is 12.9. The van der Waals surface area contributed by atoms with Gasteiger partial charge < -0.3 is 5.32 Å². The highest BCUT2D eigenvalue weighted by molar-refractivity contribution is 7.89. The summed E-state index contributed by atoms with van der Waals surface area (Å²) in [4.78, 5) is 0.500. The molecule has 0 radical (unpaired) electrons. The average Bonchev–Trinajstić information content (AvgIpc) is 2.38. The molecule has 0 spiro atoms. The first kappa shape index (κ1) is 16.5. The molecule has 0 unspecified atom stereocenters. The van der Waals surface area contributed by atoms with Crippen molar-refractivity contribution in [2.75, 3.05) is 26.7 Å². The molecule has 0 atom stereocenters. The van der Waals surface area contributed by atoms with Crippen LogP contribution in [0.1, 0.15) is 29.5 Å². The van der Waals surface area contributed by atoms with E-state index in [4.69, 9.17) is 0 Å². The van der Waals surface area contributed by atoms with Crippen molar-refractivity contribution >= 4 is 10.0 Å². The van der Waals surface area contributed by atoms with Crippen LogP contribution in [0.2, 0.25) is 0 Å². The van der Waals surface area contributed by atoms with Gasteiger partial charge in [0.05, 0.1) is 4.90 Å². The Bertz CT molecular complexity index is 580. The molecule has 1 aromatic carbocycles. The third-order valence-corrected chi connectivity index (χ3v) is 6.47. The van der Waals surface area contributed by atoms with Crippen LogP contribution < -0.4 is 5.32 Å². The Hall–Kier alpha value is -0.910. The molecule has 0 aromatic heterocycles. The summed E-state index contributed by atoms with van der Waals surface area (Å²) in [6, 6.07) is 3.90. The fraction of sp³-hybridized carbons (Fsp3) is 0.625. The summed E-state index contributed by atoms with van der Waals surface area (Å²) in [5, 5.41) is 3.18. The van der Waals surface area contributed by atoms with Gasteiger partial charge in [0.1, 0.15) is 0 Å². The Kier molecular flexibility index (Phi) is 5.07. The molecular weight excluding hydrogens is 284 g/mol. The van der Waals surface area contributed by atoms with Crippen LogP contribution in [0.4, 0.5) is 0 Å². The molecule has 5 heteroatoms. The first-order valence-corrected chi connectivity index (χ1v) is 9.03. The smallest absolute Gasteiger partial charge is 0.243 e. The molecule has 1 heterocycles. The van der Waals surface area contributed by atoms with E-state index >= 15 is 0 Å². The van der Waals surface area contributed by atoms with Crippen LogP contribution in [-0.2, 0) is 10.0 Å². The second kappa shape index (κ2) is 6.46. The zero-order valence-corrected chi connectivity index (χ0v) is 14.3. The van der Waals surface area contributed by atoms with E-state index in [0.29, 0.717) is 23.9 Å². The first-order chi connectivity index (χ1) is 9.86. The molecule has 1 saturated heterocycles. The van der Waals surface area contributed by atoms with Crippen LogP contribution in [-0.4, -0.2) is 39.4 Å². The Morgan fingerprint density at radius 2 is 1.67 bits per heavy atom. The maximum Gasteiger partial charge on any atom is 0.243 e. The summed E-state index contributed by atoms with van der Waals surface area (Å²) in [7, 11) is -1.42. The van der Waals surface area contributed by atoms with Crippen molar-refractivity contribution < 1.29 is 8.42 Å². The van der Waals surface area contributed by atoms with Crippen LogP contribution in [0, 0.1) is 26.7 Å². The van der Waals surface area contributed by atoms with Gasteiger partial charge in [0.15, 0.2) is 0 Å². The van der Waals surface area contributed by atoms with Gasteiger partial charge in [0.25, 0.3) is 0 Å². The molecule has 0 bridgehead atoms. The van der Waals surface area contributed by atoms with Crippen LogP contribution in [0.3, 0.4) is 0 Å². The molecule has 0 aliphatic carbocycles. The van der Waals surface area contributed by atoms with Gasteiger partial charge >= 0.3 is 0 Å². The number of nitrogens with zero attached hydrogens (tertiary/aromatic N) is 1. The van der Waals surface area contributed by atoms with Crippen LogP contribution in [0.25, 0.3) is 0 Å². The zero-order valence-electron chi connectivity index (χ0n) is 13.4. The molecule has 1 aromatic rings. The van der Waals surface area contributed by atoms with Gasteiger partial charge in [-0.15, -0.1) is 0 Å². The second-order valence-corrected chi connectivity index (χ2v) is 8.01. The third kappa shape index (κ3) is 3.47. The number of rotatable bonds is 4. The molecule has 4 nitrogen and oxygen atoms in total. The Labute approximate surface area is 128 Å².